The van der Waals surface area contributed by atoms with E-state index in [-0.39, 0.29) is 12.4 Å². The molecule has 1 atom stereocenters. The molecule has 0 rings (SSSR count). The lowest BCUT2D eigenvalue weighted by Crippen LogP contribution is -2.40. The molecule has 0 aromatic heterocycles. The zero-order chi connectivity index (χ0) is 15.4. The number of carbonyl (C=O) groups is 3. The van der Waals surface area contributed by atoms with Gasteiger partial charge in [-0.3, -0.25) is 4.79 Å². The first-order chi connectivity index (χ1) is 9.51. The van der Waals surface area contributed by atoms with Crippen LogP contribution in [0.25, 0.3) is 0 Å². The van der Waals surface area contributed by atoms with E-state index in [2.05, 4.69) is 10.6 Å². The fourth-order valence-corrected chi connectivity index (χ4v) is 1.54. The second-order valence-electron chi connectivity index (χ2n) is 4.17. The molecule has 0 saturated heterocycles. The third-order valence-corrected chi connectivity index (χ3v) is 2.52. The van der Waals surface area contributed by atoms with E-state index in [1.807, 2.05) is 0 Å². The molecular formula is C13H24N2O5. The monoisotopic (exact) mass is 288 g/mol. The Morgan fingerprint density at radius 1 is 1.00 bits per heavy atom. The van der Waals surface area contributed by atoms with Gasteiger partial charge in [0.25, 0.3) is 0 Å². The summed E-state index contributed by atoms with van der Waals surface area (Å²) < 4.78 is 9.44. The van der Waals surface area contributed by atoms with Crippen LogP contribution in [0, 0.1) is 0 Å². The van der Waals surface area contributed by atoms with Gasteiger partial charge in [-0.2, -0.15) is 0 Å². The van der Waals surface area contributed by atoms with Crippen molar-refractivity contribution in [3.8, 4) is 0 Å². The molecule has 2 N–H and O–H groups in total. The molecule has 0 heterocycles. The molecule has 7 heteroatoms. The molecule has 0 aliphatic heterocycles. The second kappa shape index (κ2) is 11.1. The molecule has 2 amide bonds. The predicted molar refractivity (Wildman–Crippen MR) is 73.5 cm³/mol. The molecule has 0 bridgehead atoms. The number of carbonyl (C=O) groups excluding carboxylic acids is 3. The highest BCUT2D eigenvalue weighted by atomic mass is 16.6. The van der Waals surface area contributed by atoms with Crippen LogP contribution in [-0.4, -0.2) is 43.8 Å². The van der Waals surface area contributed by atoms with Crippen LogP contribution in [0.1, 0.15) is 40.0 Å². The van der Waals surface area contributed by atoms with Crippen molar-refractivity contribution < 1.29 is 23.9 Å². The third-order valence-electron chi connectivity index (χ3n) is 2.52. The first kappa shape index (κ1) is 18.2. The molecule has 20 heavy (non-hydrogen) atoms. The van der Waals surface area contributed by atoms with E-state index < -0.39 is 18.2 Å². The van der Waals surface area contributed by atoms with Gasteiger partial charge in [0.2, 0.25) is 0 Å². The molecule has 116 valence electrons. The van der Waals surface area contributed by atoms with Gasteiger partial charge >= 0.3 is 12.2 Å². The number of rotatable bonds is 9. The fraction of sp³-hybridized carbons (Fsp3) is 0.769. The van der Waals surface area contributed by atoms with E-state index in [0.717, 1.165) is 0 Å². The summed E-state index contributed by atoms with van der Waals surface area (Å²) in [4.78, 5) is 33.6. The number of amides is 2. The number of hydrogen-bond donors (Lipinski definition) is 2. The first-order valence-electron chi connectivity index (χ1n) is 6.85. The summed E-state index contributed by atoms with van der Waals surface area (Å²) in [5, 5.41) is 5.10. The molecule has 0 fully saturated rings. The highest BCUT2D eigenvalue weighted by molar-refractivity contribution is 5.85. The van der Waals surface area contributed by atoms with Crippen molar-refractivity contribution in [3.05, 3.63) is 0 Å². The predicted octanol–water partition coefficient (Wildman–Crippen LogP) is 1.61. The highest BCUT2D eigenvalue weighted by Gasteiger charge is 2.16. The van der Waals surface area contributed by atoms with Crippen molar-refractivity contribution in [1.29, 1.82) is 0 Å². The first-order valence-corrected chi connectivity index (χ1v) is 6.85. The fourth-order valence-electron chi connectivity index (χ4n) is 1.54. The smallest absolute Gasteiger partial charge is 0.407 e. The minimum atomic E-state index is -0.586. The highest BCUT2D eigenvalue weighted by Crippen LogP contribution is 2.02. The Kier molecular flexibility index (Phi) is 10.1. The topological polar surface area (TPSA) is 93.7 Å². The Morgan fingerprint density at radius 2 is 1.60 bits per heavy atom. The van der Waals surface area contributed by atoms with E-state index in [1.165, 1.54) is 6.92 Å². The number of ketones is 1. The van der Waals surface area contributed by atoms with Gasteiger partial charge in [-0.05, 0) is 40.0 Å². The number of alkyl carbamates (subject to hydrolysis) is 2. The SMILES string of the molecule is CCOC(=O)NCCCCC(NC(=O)OCC)C(C)=O. The van der Waals surface area contributed by atoms with Gasteiger partial charge in [0.05, 0.1) is 19.3 Å². The third kappa shape index (κ3) is 9.18. The lowest BCUT2D eigenvalue weighted by molar-refractivity contribution is -0.119. The van der Waals surface area contributed by atoms with Crippen LogP contribution >= 0.6 is 0 Å². The molecule has 0 aliphatic rings. The maximum Gasteiger partial charge on any atom is 0.407 e. The number of unbranched alkanes of at least 4 members (excludes halogenated alkanes) is 1. The number of hydrogen-bond acceptors (Lipinski definition) is 5. The van der Waals surface area contributed by atoms with Crippen LogP contribution < -0.4 is 10.6 Å². The summed E-state index contributed by atoms with van der Waals surface area (Å²) in [5.74, 6) is -0.114. The van der Waals surface area contributed by atoms with Crippen molar-refractivity contribution in [2.45, 2.75) is 46.1 Å². The van der Waals surface area contributed by atoms with E-state index in [0.29, 0.717) is 32.4 Å². The summed E-state index contributed by atoms with van der Waals surface area (Å²) in [6.45, 7) is 5.93. The van der Waals surface area contributed by atoms with Crippen LogP contribution in [-0.2, 0) is 14.3 Å². The van der Waals surface area contributed by atoms with Crippen molar-refractivity contribution in [2.75, 3.05) is 19.8 Å². The van der Waals surface area contributed by atoms with E-state index in [4.69, 9.17) is 9.47 Å². The number of Topliss-reactive ketones (excluding diaryl/α,β-unsaturated/α-hetero) is 1. The maximum absolute atomic E-state index is 11.4. The summed E-state index contributed by atoms with van der Waals surface area (Å²) in [5.41, 5.74) is 0. The number of ether oxygens (including phenoxy) is 2. The van der Waals surface area contributed by atoms with Crippen LogP contribution in [0.4, 0.5) is 9.59 Å². The van der Waals surface area contributed by atoms with Crippen LogP contribution in [0.15, 0.2) is 0 Å². The van der Waals surface area contributed by atoms with Crippen LogP contribution in [0.2, 0.25) is 0 Å². The number of nitrogens with one attached hydrogen (secondary N) is 2. The van der Waals surface area contributed by atoms with Gasteiger partial charge in [-0.25, -0.2) is 9.59 Å². The molecule has 7 nitrogen and oxygen atoms in total. The molecule has 0 aliphatic carbocycles. The van der Waals surface area contributed by atoms with Crippen molar-refractivity contribution in [1.82, 2.24) is 10.6 Å². The van der Waals surface area contributed by atoms with Gasteiger partial charge in [0.15, 0.2) is 5.78 Å². The van der Waals surface area contributed by atoms with Crippen LogP contribution in [0.3, 0.4) is 0 Å². The Bertz CT molecular complexity index is 320. The van der Waals surface area contributed by atoms with Gasteiger partial charge in [-0.15, -0.1) is 0 Å². The van der Waals surface area contributed by atoms with E-state index in [9.17, 15) is 14.4 Å². The molecule has 0 aromatic rings. The summed E-state index contributed by atoms with van der Waals surface area (Å²) >= 11 is 0. The lowest BCUT2D eigenvalue weighted by Gasteiger charge is -2.15. The summed E-state index contributed by atoms with van der Waals surface area (Å²) in [6.07, 6.45) is 0.882. The normalized spacial score (nSPS) is 11.3. The van der Waals surface area contributed by atoms with E-state index >= 15 is 0 Å². The average molecular weight is 288 g/mol. The van der Waals surface area contributed by atoms with Crippen molar-refractivity contribution in [3.63, 3.8) is 0 Å². The molecular weight excluding hydrogens is 264 g/mol. The molecule has 0 spiro atoms. The minimum absolute atomic E-state index is 0.114. The quantitative estimate of drug-likeness (QED) is 0.629. The molecule has 0 aromatic carbocycles. The van der Waals surface area contributed by atoms with Gasteiger partial charge < -0.3 is 20.1 Å². The molecule has 0 radical (unpaired) electrons. The molecule has 1 unspecified atom stereocenters. The van der Waals surface area contributed by atoms with Gasteiger partial charge in [0.1, 0.15) is 0 Å². The van der Waals surface area contributed by atoms with E-state index in [1.54, 1.807) is 13.8 Å². The minimum Gasteiger partial charge on any atom is -0.450 e. The second-order valence-corrected chi connectivity index (χ2v) is 4.17. The Morgan fingerprint density at radius 3 is 2.15 bits per heavy atom. The zero-order valence-corrected chi connectivity index (χ0v) is 12.4. The maximum atomic E-state index is 11.4. The van der Waals surface area contributed by atoms with Gasteiger partial charge in [-0.1, -0.05) is 0 Å². The summed E-state index contributed by atoms with van der Waals surface area (Å²) in [7, 11) is 0. The largest absolute Gasteiger partial charge is 0.450 e. The summed E-state index contributed by atoms with van der Waals surface area (Å²) in [6, 6.07) is -0.545. The van der Waals surface area contributed by atoms with Crippen molar-refractivity contribution in [2.24, 2.45) is 0 Å². The average Bonchev–Trinajstić information content (AvgIpc) is 2.37. The zero-order valence-electron chi connectivity index (χ0n) is 12.4. The Labute approximate surface area is 119 Å². The van der Waals surface area contributed by atoms with Crippen molar-refractivity contribution >= 4 is 18.0 Å². The Balaban J connectivity index is 3.84. The van der Waals surface area contributed by atoms with Crippen LogP contribution in [0.5, 0.6) is 0 Å². The van der Waals surface area contributed by atoms with Gasteiger partial charge in [0, 0.05) is 6.54 Å². The Hall–Kier alpha value is -1.79. The molecule has 0 saturated carbocycles. The lowest BCUT2D eigenvalue weighted by atomic mass is 10.1. The standard InChI is InChI=1S/C13H24N2O5/c1-4-19-12(17)14-9-7-6-8-11(10(3)16)15-13(18)20-5-2/h11H,4-9H2,1-3H3,(H,14,17)(H,15,18).